The number of carbonyl (C=O) groups is 1. The summed E-state index contributed by atoms with van der Waals surface area (Å²) in [5.41, 5.74) is 1.67. The largest absolute Gasteiger partial charge is 0.403 e. The highest BCUT2D eigenvalue weighted by Crippen LogP contribution is 2.20. The predicted molar refractivity (Wildman–Crippen MR) is 83.1 cm³/mol. The van der Waals surface area contributed by atoms with Gasteiger partial charge in [-0.25, -0.2) is 4.39 Å². The summed E-state index contributed by atoms with van der Waals surface area (Å²) in [5.74, 6) is -0.325. The van der Waals surface area contributed by atoms with Crippen LogP contribution in [-0.2, 0) is 11.2 Å². The molecule has 0 bridgehead atoms. The molecule has 0 saturated heterocycles. The van der Waals surface area contributed by atoms with Crippen molar-refractivity contribution in [3.8, 4) is 11.5 Å². The zero-order valence-electron chi connectivity index (χ0n) is 12.2. The maximum absolute atomic E-state index is 12.9. The van der Waals surface area contributed by atoms with E-state index in [9.17, 15) is 9.18 Å². The van der Waals surface area contributed by atoms with Crippen LogP contribution >= 0.6 is 0 Å². The first-order valence-corrected chi connectivity index (χ1v) is 7.14. The fourth-order valence-electron chi connectivity index (χ4n) is 2.07. The number of amides is 1. The van der Waals surface area contributed by atoms with Crippen LogP contribution in [0.2, 0.25) is 0 Å². The van der Waals surface area contributed by atoms with E-state index < -0.39 is 0 Å². The number of rotatable bonds is 5. The monoisotopic (exact) mass is 311 g/mol. The Labute approximate surface area is 132 Å². The van der Waals surface area contributed by atoms with Crippen LogP contribution in [0.4, 0.5) is 10.4 Å². The summed E-state index contributed by atoms with van der Waals surface area (Å²) in [5, 5.41) is 10.2. The number of hydrogen-bond acceptors (Lipinski definition) is 4. The van der Waals surface area contributed by atoms with Gasteiger partial charge < -0.3 is 4.42 Å². The summed E-state index contributed by atoms with van der Waals surface area (Å²) in [6, 6.07) is 15.4. The van der Waals surface area contributed by atoms with Crippen molar-refractivity contribution in [1.82, 2.24) is 10.2 Å². The summed E-state index contributed by atoms with van der Waals surface area (Å²) in [6.45, 7) is 0. The Hall–Kier alpha value is -3.02. The van der Waals surface area contributed by atoms with Gasteiger partial charge >= 0.3 is 6.01 Å². The molecule has 1 N–H and O–H groups in total. The molecule has 1 heterocycles. The number of nitrogens with zero attached hydrogens (tertiary/aromatic N) is 2. The molecule has 23 heavy (non-hydrogen) atoms. The first-order valence-electron chi connectivity index (χ1n) is 7.14. The van der Waals surface area contributed by atoms with Crippen LogP contribution in [0.5, 0.6) is 0 Å². The average molecular weight is 311 g/mol. The fraction of sp³-hybridized carbons (Fsp3) is 0.118. The van der Waals surface area contributed by atoms with Crippen molar-refractivity contribution < 1.29 is 13.6 Å². The SMILES string of the molecule is O=C(CCc1ccccc1)Nc1nnc(-c2ccc(F)cc2)o1. The highest BCUT2D eigenvalue weighted by molar-refractivity contribution is 5.88. The molecule has 0 atom stereocenters. The maximum Gasteiger partial charge on any atom is 0.322 e. The molecule has 0 aliphatic rings. The third-order valence-electron chi connectivity index (χ3n) is 3.25. The standard InChI is InChI=1S/C17H14FN3O2/c18-14-9-7-13(8-10-14)16-20-21-17(23-16)19-15(22)11-6-12-4-2-1-3-5-12/h1-5,7-10H,6,11H2,(H,19,21,22). The van der Waals surface area contributed by atoms with Gasteiger partial charge in [0, 0.05) is 12.0 Å². The number of aromatic nitrogens is 2. The fourth-order valence-corrected chi connectivity index (χ4v) is 2.07. The van der Waals surface area contributed by atoms with Crippen molar-refractivity contribution in [3.63, 3.8) is 0 Å². The zero-order chi connectivity index (χ0) is 16.1. The summed E-state index contributed by atoms with van der Waals surface area (Å²) in [7, 11) is 0. The van der Waals surface area contributed by atoms with E-state index in [2.05, 4.69) is 15.5 Å². The van der Waals surface area contributed by atoms with Crippen LogP contribution in [0.1, 0.15) is 12.0 Å². The minimum atomic E-state index is -0.345. The van der Waals surface area contributed by atoms with Gasteiger partial charge in [0.25, 0.3) is 0 Å². The van der Waals surface area contributed by atoms with Gasteiger partial charge in [-0.2, -0.15) is 0 Å². The summed E-state index contributed by atoms with van der Waals surface area (Å²) in [6.07, 6.45) is 0.948. The second-order valence-corrected chi connectivity index (χ2v) is 4.95. The van der Waals surface area contributed by atoms with Crippen LogP contribution in [0.3, 0.4) is 0 Å². The Morgan fingerprint density at radius 3 is 2.52 bits per heavy atom. The Morgan fingerprint density at radius 2 is 1.78 bits per heavy atom. The highest BCUT2D eigenvalue weighted by atomic mass is 19.1. The number of nitrogens with one attached hydrogen (secondary N) is 1. The maximum atomic E-state index is 12.9. The van der Waals surface area contributed by atoms with Crippen LogP contribution < -0.4 is 5.32 Å². The lowest BCUT2D eigenvalue weighted by molar-refractivity contribution is -0.116. The third kappa shape index (κ3) is 4.00. The number of benzene rings is 2. The van der Waals surface area contributed by atoms with Gasteiger partial charge in [0.15, 0.2) is 0 Å². The van der Waals surface area contributed by atoms with Crippen molar-refractivity contribution in [1.29, 1.82) is 0 Å². The molecular weight excluding hydrogens is 297 g/mol. The molecule has 0 aliphatic heterocycles. The Kier molecular flexibility index (Phi) is 4.42. The normalized spacial score (nSPS) is 10.5. The van der Waals surface area contributed by atoms with Crippen LogP contribution in [-0.4, -0.2) is 16.1 Å². The highest BCUT2D eigenvalue weighted by Gasteiger charge is 2.11. The van der Waals surface area contributed by atoms with Gasteiger partial charge in [0.05, 0.1) is 0 Å². The van der Waals surface area contributed by atoms with Crippen molar-refractivity contribution in [2.45, 2.75) is 12.8 Å². The summed E-state index contributed by atoms with van der Waals surface area (Å²) in [4.78, 5) is 11.9. The minimum absolute atomic E-state index is 0.0300. The van der Waals surface area contributed by atoms with Gasteiger partial charge in [0.1, 0.15) is 5.82 Å². The summed E-state index contributed by atoms with van der Waals surface area (Å²) >= 11 is 0. The zero-order valence-corrected chi connectivity index (χ0v) is 12.2. The first-order chi connectivity index (χ1) is 11.2. The molecule has 5 nitrogen and oxygen atoms in total. The lowest BCUT2D eigenvalue weighted by atomic mass is 10.1. The molecule has 0 unspecified atom stereocenters. The Morgan fingerprint density at radius 1 is 1.04 bits per heavy atom. The van der Waals surface area contributed by atoms with Crippen molar-refractivity contribution in [3.05, 3.63) is 66.0 Å². The minimum Gasteiger partial charge on any atom is -0.403 e. The molecule has 0 saturated carbocycles. The molecule has 3 aromatic rings. The molecular formula is C17H14FN3O2. The Bertz CT molecular complexity index is 785. The van der Waals surface area contributed by atoms with Gasteiger partial charge in [-0.3, -0.25) is 10.1 Å². The molecule has 6 heteroatoms. The van der Waals surface area contributed by atoms with E-state index in [0.717, 1.165) is 5.56 Å². The molecule has 3 rings (SSSR count). The number of anilines is 1. The van der Waals surface area contributed by atoms with E-state index in [1.165, 1.54) is 24.3 Å². The van der Waals surface area contributed by atoms with E-state index in [-0.39, 0.29) is 23.6 Å². The number of hydrogen-bond donors (Lipinski definition) is 1. The topological polar surface area (TPSA) is 68.0 Å². The second-order valence-electron chi connectivity index (χ2n) is 4.95. The van der Waals surface area contributed by atoms with Crippen molar-refractivity contribution >= 4 is 11.9 Å². The lowest BCUT2D eigenvalue weighted by Crippen LogP contribution is -2.12. The average Bonchev–Trinajstić information content (AvgIpc) is 3.03. The number of halogens is 1. The second kappa shape index (κ2) is 6.83. The molecule has 0 spiro atoms. The van der Waals surface area contributed by atoms with Crippen LogP contribution in [0.25, 0.3) is 11.5 Å². The smallest absolute Gasteiger partial charge is 0.322 e. The molecule has 0 fully saturated rings. The van der Waals surface area contributed by atoms with E-state index >= 15 is 0 Å². The van der Waals surface area contributed by atoms with Crippen LogP contribution in [0.15, 0.2) is 59.0 Å². The first kappa shape index (κ1) is 14.9. The molecule has 0 radical (unpaired) electrons. The molecule has 116 valence electrons. The van der Waals surface area contributed by atoms with E-state index in [4.69, 9.17) is 4.42 Å². The molecule has 1 aromatic heterocycles. The molecule has 1 amide bonds. The quantitative estimate of drug-likeness (QED) is 0.783. The van der Waals surface area contributed by atoms with Gasteiger partial charge in [-0.05, 0) is 36.2 Å². The van der Waals surface area contributed by atoms with E-state index in [0.29, 0.717) is 18.4 Å². The third-order valence-corrected chi connectivity index (χ3v) is 3.25. The van der Waals surface area contributed by atoms with Crippen LogP contribution in [0, 0.1) is 5.82 Å². The predicted octanol–water partition coefficient (Wildman–Crippen LogP) is 3.45. The van der Waals surface area contributed by atoms with Gasteiger partial charge in [-0.15, -0.1) is 5.10 Å². The summed E-state index contributed by atoms with van der Waals surface area (Å²) < 4.78 is 18.2. The van der Waals surface area contributed by atoms with Gasteiger partial charge in [-0.1, -0.05) is 35.4 Å². The van der Waals surface area contributed by atoms with E-state index in [1.54, 1.807) is 0 Å². The van der Waals surface area contributed by atoms with Crippen molar-refractivity contribution in [2.24, 2.45) is 0 Å². The molecule has 2 aromatic carbocycles. The Balaban J connectivity index is 1.58. The lowest BCUT2D eigenvalue weighted by Gasteiger charge is -2.01. The number of carbonyl (C=O) groups excluding carboxylic acids is 1. The van der Waals surface area contributed by atoms with Crippen molar-refractivity contribution in [2.75, 3.05) is 5.32 Å². The van der Waals surface area contributed by atoms with E-state index in [1.807, 2.05) is 30.3 Å². The van der Waals surface area contributed by atoms with Gasteiger partial charge in [0.2, 0.25) is 11.8 Å². The molecule has 0 aliphatic carbocycles. The number of aryl methyl sites for hydroxylation is 1.